The molecule has 0 spiro atoms. The molecule has 4 aromatic rings. The van der Waals surface area contributed by atoms with E-state index in [0.29, 0.717) is 15.4 Å². The summed E-state index contributed by atoms with van der Waals surface area (Å²) >= 11 is 13.3. The van der Waals surface area contributed by atoms with E-state index in [1.807, 2.05) is 48.5 Å². The second-order valence-corrected chi connectivity index (χ2v) is 7.81. The van der Waals surface area contributed by atoms with Crippen molar-refractivity contribution in [2.45, 2.75) is 0 Å². The molecule has 0 unspecified atom stereocenters. The van der Waals surface area contributed by atoms with Gasteiger partial charge in [0.15, 0.2) is 0 Å². The number of aromatic nitrogens is 3. The first-order valence-electron chi connectivity index (χ1n) is 7.91. The van der Waals surface area contributed by atoms with Crippen LogP contribution in [0, 0.1) is 0 Å². The number of pyridine rings is 1. The van der Waals surface area contributed by atoms with Crippen molar-refractivity contribution in [2.75, 3.05) is 11.1 Å². The van der Waals surface area contributed by atoms with Gasteiger partial charge in [0.1, 0.15) is 10.4 Å². The van der Waals surface area contributed by atoms with Gasteiger partial charge >= 0.3 is 0 Å². The van der Waals surface area contributed by atoms with Crippen LogP contribution in [0.3, 0.4) is 0 Å². The largest absolute Gasteiger partial charge is 0.368 e. The van der Waals surface area contributed by atoms with Gasteiger partial charge in [0.2, 0.25) is 5.95 Å². The highest BCUT2D eigenvalue weighted by atomic mass is 79.9. The number of nitrogens with zero attached hydrogens (tertiary/aromatic N) is 3. The Morgan fingerprint density at radius 1 is 1.00 bits per heavy atom. The van der Waals surface area contributed by atoms with Gasteiger partial charge in [-0.1, -0.05) is 39.7 Å². The average molecular weight is 506 g/mol. The lowest BCUT2D eigenvalue weighted by Crippen LogP contribution is -2.01. The Bertz CT molecular complexity index is 1170. The molecule has 0 aliphatic rings. The van der Waals surface area contributed by atoms with E-state index in [2.05, 4.69) is 52.1 Å². The first-order chi connectivity index (χ1) is 13.0. The fourth-order valence-electron chi connectivity index (χ4n) is 2.75. The number of rotatable bonds is 3. The normalized spacial score (nSPS) is 10.9. The van der Waals surface area contributed by atoms with E-state index in [9.17, 15) is 0 Å². The highest BCUT2D eigenvalue weighted by Crippen LogP contribution is 2.35. The van der Waals surface area contributed by atoms with E-state index in [1.54, 1.807) is 6.20 Å². The Morgan fingerprint density at radius 2 is 1.85 bits per heavy atom. The van der Waals surface area contributed by atoms with Crippen molar-refractivity contribution in [1.82, 2.24) is 15.0 Å². The summed E-state index contributed by atoms with van der Waals surface area (Å²) in [6.07, 6.45) is 1.70. The third-order valence-electron chi connectivity index (χ3n) is 3.96. The predicted octanol–water partition coefficient (Wildman–Crippen LogP) is 6.20. The third-order valence-corrected chi connectivity index (χ3v) is 5.66. The van der Waals surface area contributed by atoms with Gasteiger partial charge in [-0.3, -0.25) is 0 Å². The van der Waals surface area contributed by atoms with Crippen LogP contribution in [0.25, 0.3) is 22.0 Å². The third kappa shape index (κ3) is 3.76. The molecule has 2 aromatic heterocycles. The molecule has 0 saturated heterocycles. The van der Waals surface area contributed by atoms with E-state index in [0.717, 1.165) is 32.2 Å². The number of nitrogens with one attached hydrogen (secondary N) is 1. The molecule has 27 heavy (non-hydrogen) atoms. The summed E-state index contributed by atoms with van der Waals surface area (Å²) in [5, 5.41) is 4.71. The Morgan fingerprint density at radius 3 is 2.67 bits per heavy atom. The van der Waals surface area contributed by atoms with Crippen molar-refractivity contribution in [3.8, 4) is 11.1 Å². The predicted molar refractivity (Wildman–Crippen MR) is 117 cm³/mol. The molecule has 134 valence electrons. The van der Waals surface area contributed by atoms with Crippen molar-refractivity contribution in [1.29, 1.82) is 0 Å². The van der Waals surface area contributed by atoms with Gasteiger partial charge < -0.3 is 11.1 Å². The molecular weight excluding hydrogens is 494 g/mol. The fourth-order valence-corrected chi connectivity index (χ4v) is 3.71. The molecule has 0 fully saturated rings. The second kappa shape index (κ2) is 7.42. The first kappa shape index (κ1) is 18.2. The highest BCUT2D eigenvalue weighted by molar-refractivity contribution is 9.10. The molecule has 0 bridgehead atoms. The number of nitrogen functional groups attached to an aromatic ring is 1. The first-order valence-corrected chi connectivity index (χ1v) is 9.88. The molecule has 0 amide bonds. The summed E-state index contributed by atoms with van der Waals surface area (Å²) in [5.41, 5.74) is 9.32. The average Bonchev–Trinajstić information content (AvgIpc) is 2.64. The van der Waals surface area contributed by atoms with Crippen LogP contribution in [-0.2, 0) is 0 Å². The molecule has 8 heteroatoms. The molecule has 2 heterocycles. The van der Waals surface area contributed by atoms with Crippen LogP contribution in [0.4, 0.5) is 17.5 Å². The molecule has 4 rings (SSSR count). The zero-order chi connectivity index (χ0) is 19.0. The molecule has 0 aliphatic heterocycles. The lowest BCUT2D eigenvalue weighted by molar-refractivity contribution is 1.23. The van der Waals surface area contributed by atoms with E-state index in [1.165, 1.54) is 0 Å². The summed E-state index contributed by atoms with van der Waals surface area (Å²) in [4.78, 5) is 12.9. The number of fused-ring (bicyclic) bond motifs is 1. The maximum atomic E-state index is 6.41. The zero-order valence-corrected chi connectivity index (χ0v) is 17.7. The van der Waals surface area contributed by atoms with Gasteiger partial charge in [-0.2, -0.15) is 4.98 Å². The molecule has 0 saturated carbocycles. The maximum Gasteiger partial charge on any atom is 0.222 e. The van der Waals surface area contributed by atoms with Crippen LogP contribution in [0.15, 0.2) is 63.8 Å². The van der Waals surface area contributed by atoms with Crippen LogP contribution >= 0.6 is 43.5 Å². The van der Waals surface area contributed by atoms with Crippen molar-refractivity contribution in [2.24, 2.45) is 0 Å². The minimum Gasteiger partial charge on any atom is -0.368 e. The lowest BCUT2D eigenvalue weighted by Gasteiger charge is -2.12. The highest BCUT2D eigenvalue weighted by Gasteiger charge is 2.12. The van der Waals surface area contributed by atoms with E-state index in [4.69, 9.17) is 17.3 Å². The van der Waals surface area contributed by atoms with Crippen molar-refractivity contribution in [3.63, 3.8) is 0 Å². The Kier molecular flexibility index (Phi) is 4.99. The standard InChI is InChI=1S/C19H12Br2ClN5/c20-11-2-1-3-12(9-11)25-18-14-8-10(4-5-15(14)26-19(23)27-18)13-6-7-24-17(21)16(13)22/h1-9H,(H3,23,25,26,27). The van der Waals surface area contributed by atoms with Gasteiger partial charge in [0, 0.05) is 27.3 Å². The minimum absolute atomic E-state index is 0.206. The topological polar surface area (TPSA) is 76.7 Å². The smallest absolute Gasteiger partial charge is 0.222 e. The molecule has 5 nitrogen and oxygen atoms in total. The number of benzene rings is 2. The Hall–Kier alpha value is -2.22. The molecule has 0 atom stereocenters. The van der Waals surface area contributed by atoms with E-state index < -0.39 is 0 Å². The van der Waals surface area contributed by atoms with Crippen LogP contribution in [-0.4, -0.2) is 15.0 Å². The summed E-state index contributed by atoms with van der Waals surface area (Å²) in [6, 6.07) is 15.5. The number of halogens is 3. The van der Waals surface area contributed by atoms with Crippen molar-refractivity contribution < 1.29 is 0 Å². The number of anilines is 3. The summed E-state index contributed by atoms with van der Waals surface area (Å²) in [6.45, 7) is 0. The van der Waals surface area contributed by atoms with Crippen molar-refractivity contribution >= 4 is 71.8 Å². The van der Waals surface area contributed by atoms with Gasteiger partial charge in [0.25, 0.3) is 0 Å². The summed E-state index contributed by atoms with van der Waals surface area (Å²) < 4.78 is 1.57. The van der Waals surface area contributed by atoms with E-state index >= 15 is 0 Å². The van der Waals surface area contributed by atoms with Gasteiger partial charge in [0.05, 0.1) is 10.5 Å². The Labute approximate surface area is 177 Å². The monoisotopic (exact) mass is 503 g/mol. The molecule has 0 radical (unpaired) electrons. The van der Waals surface area contributed by atoms with Gasteiger partial charge in [-0.25, -0.2) is 9.97 Å². The van der Waals surface area contributed by atoms with Crippen LogP contribution in [0.1, 0.15) is 0 Å². The number of hydrogen-bond acceptors (Lipinski definition) is 5. The zero-order valence-electron chi connectivity index (χ0n) is 13.7. The van der Waals surface area contributed by atoms with E-state index in [-0.39, 0.29) is 5.95 Å². The Balaban J connectivity index is 1.87. The second-order valence-electron chi connectivity index (χ2n) is 5.76. The minimum atomic E-state index is 0.206. The van der Waals surface area contributed by atoms with Gasteiger partial charge in [-0.15, -0.1) is 0 Å². The van der Waals surface area contributed by atoms with Crippen LogP contribution in [0.5, 0.6) is 0 Å². The molecule has 3 N–H and O–H groups in total. The van der Waals surface area contributed by atoms with Crippen LogP contribution < -0.4 is 11.1 Å². The summed E-state index contributed by atoms with van der Waals surface area (Å²) in [5.74, 6) is 0.833. The molecule has 2 aromatic carbocycles. The molecule has 0 aliphatic carbocycles. The maximum absolute atomic E-state index is 6.41. The van der Waals surface area contributed by atoms with Crippen LogP contribution in [0.2, 0.25) is 5.02 Å². The van der Waals surface area contributed by atoms with Crippen molar-refractivity contribution in [3.05, 3.63) is 68.8 Å². The fraction of sp³-hybridized carbons (Fsp3) is 0. The summed E-state index contributed by atoms with van der Waals surface area (Å²) in [7, 11) is 0. The lowest BCUT2D eigenvalue weighted by atomic mass is 10.0. The quantitative estimate of drug-likeness (QED) is 0.325. The number of nitrogens with two attached hydrogens (primary N) is 1. The number of hydrogen-bond donors (Lipinski definition) is 2. The SMILES string of the molecule is Nc1nc(Nc2cccc(Br)c2)c2cc(-c3ccnc(Br)c3Cl)ccc2n1. The molecular formula is C19H12Br2ClN5. The van der Waals surface area contributed by atoms with Gasteiger partial charge in [-0.05, 0) is 57.9 Å².